The normalized spacial score (nSPS) is 3.69. The molecule has 0 amide bonds. The maximum absolute atomic E-state index is 8.25. The zero-order valence-electron chi connectivity index (χ0n) is 9.43. The van der Waals surface area contributed by atoms with E-state index in [1.165, 1.54) is 0 Å². The first-order chi connectivity index (χ1) is 3.46. The molecular weight excluding hydrogens is 221 g/mol. The van der Waals surface area contributed by atoms with Gasteiger partial charge < -0.3 is 38.2 Å². The SMILES string of the molecule is O=[N+]([O-])[O-].O=[N+]([O-])[O-].[Be+2].[F-].[H-].[H-].[K+].[Li+].[Na+]. The molecule has 0 rings (SSSR count). The maximum Gasteiger partial charge on any atom is 2.00 e. The summed E-state index contributed by atoms with van der Waals surface area (Å²) in [4.78, 5) is 16.5. The molecule has 13 heteroatoms. The standard InChI is InChI=1S/Be.FH.K.Li.2NO3.Na.2H/c;;;;2*2-1(3)4;;;/h;1H;;;;;;;/q+2;;2*+1;2*-1;+1;2*-1/p-1. The predicted octanol–water partition coefficient (Wildman–Crippen LogP) is -12.6. The van der Waals surface area contributed by atoms with Gasteiger partial charge in [0.2, 0.25) is 0 Å². The number of hydrogen-bond donors (Lipinski definition) is 0. The smallest absolute Gasteiger partial charge is 1.00 e. The van der Waals surface area contributed by atoms with Gasteiger partial charge in [-0.3, -0.25) is 0 Å². The predicted molar refractivity (Wildman–Crippen MR) is 28.7 cm³/mol. The summed E-state index contributed by atoms with van der Waals surface area (Å²) in [5.41, 5.74) is 0. The topological polar surface area (TPSA) is 132 Å². The molecule has 0 aromatic carbocycles. The van der Waals surface area contributed by atoms with E-state index in [0.717, 1.165) is 0 Å². The van der Waals surface area contributed by atoms with Crippen molar-refractivity contribution in [2.24, 2.45) is 0 Å². The van der Waals surface area contributed by atoms with Gasteiger partial charge in [-0.2, -0.15) is 0 Å². The quantitative estimate of drug-likeness (QED) is 0.227. The molecule has 0 radical (unpaired) electrons. The van der Waals surface area contributed by atoms with Crippen LogP contribution in [0.4, 0.5) is 0 Å². The number of nitrogens with zero attached hydrogens (tertiary/aromatic N) is 2. The third-order valence-electron chi connectivity index (χ3n) is 0. The van der Waals surface area contributed by atoms with Gasteiger partial charge in [0.25, 0.3) is 0 Å². The molecule has 0 saturated heterocycles. The Hall–Kier alpha value is 1.73. The van der Waals surface area contributed by atoms with Crippen LogP contribution >= 0.6 is 0 Å². The molecular formula is H2BeFKLiN2NaO6. The molecule has 0 fully saturated rings. The molecule has 60 valence electrons. The van der Waals surface area contributed by atoms with Crippen molar-refractivity contribution in [1.29, 1.82) is 0 Å². The van der Waals surface area contributed by atoms with E-state index >= 15 is 0 Å². The van der Waals surface area contributed by atoms with Gasteiger partial charge in [0.15, 0.2) is 0 Å². The van der Waals surface area contributed by atoms with Crippen LogP contribution in [-0.4, -0.2) is 20.3 Å². The first kappa shape index (κ1) is 46.5. The van der Waals surface area contributed by atoms with Gasteiger partial charge in [0, 0.05) is 0 Å². The van der Waals surface area contributed by atoms with Crippen LogP contribution in [-0.2, 0) is 0 Å². The van der Waals surface area contributed by atoms with Gasteiger partial charge in [-0.1, -0.05) is 0 Å². The Bertz CT molecular complexity index is 97.1. The van der Waals surface area contributed by atoms with Crippen molar-refractivity contribution in [2.45, 2.75) is 0 Å². The molecule has 0 unspecified atom stereocenters. The molecule has 0 spiro atoms. The Kier molecular flexibility index (Phi) is 133. The van der Waals surface area contributed by atoms with E-state index in [1.54, 1.807) is 0 Å². The van der Waals surface area contributed by atoms with Crippen LogP contribution in [0.3, 0.4) is 0 Å². The van der Waals surface area contributed by atoms with Crippen molar-refractivity contribution in [3.63, 3.8) is 0 Å². The molecule has 0 aromatic heterocycles. The summed E-state index contributed by atoms with van der Waals surface area (Å²) in [5, 5.41) is 29.5. The summed E-state index contributed by atoms with van der Waals surface area (Å²) < 4.78 is 0. The van der Waals surface area contributed by atoms with E-state index in [1.807, 2.05) is 0 Å². The van der Waals surface area contributed by atoms with Crippen molar-refractivity contribution in [3.05, 3.63) is 30.6 Å². The number of hydrogen-bond acceptors (Lipinski definition) is 6. The Morgan fingerprint density at radius 3 is 0.923 bits per heavy atom. The van der Waals surface area contributed by atoms with Gasteiger partial charge in [-0.15, -0.1) is 0 Å². The molecule has 13 heavy (non-hydrogen) atoms. The summed E-state index contributed by atoms with van der Waals surface area (Å²) in [7, 11) is 0. The van der Waals surface area contributed by atoms with Crippen LogP contribution in [0.15, 0.2) is 0 Å². The fraction of sp³-hybridized carbons (Fsp3) is 0. The largest absolute Gasteiger partial charge is 2.00 e. The molecule has 0 N–H and O–H groups in total. The summed E-state index contributed by atoms with van der Waals surface area (Å²) in [6.45, 7) is 0. The Morgan fingerprint density at radius 2 is 0.923 bits per heavy atom. The third kappa shape index (κ3) is 630. The zero-order chi connectivity index (χ0) is 7.15. The average molecular weight is 223 g/mol. The van der Waals surface area contributed by atoms with E-state index in [0.29, 0.717) is 0 Å². The molecule has 0 heterocycles. The van der Waals surface area contributed by atoms with Gasteiger partial charge >= 0.3 is 110 Å². The molecule has 0 bridgehead atoms. The molecule has 0 aliphatic heterocycles. The van der Waals surface area contributed by atoms with Crippen molar-refractivity contribution in [3.8, 4) is 0 Å². The summed E-state index contributed by atoms with van der Waals surface area (Å²) >= 11 is 0. The molecule has 8 nitrogen and oxygen atoms in total. The van der Waals surface area contributed by atoms with Crippen molar-refractivity contribution >= 4 is 10.1 Å². The molecule has 0 saturated carbocycles. The number of halogens is 1. The molecule has 0 aromatic rings. The zero-order valence-corrected chi connectivity index (χ0v) is 12.6. The molecule has 0 atom stereocenters. The van der Waals surface area contributed by atoms with E-state index < -0.39 is 10.2 Å². The fourth-order valence-corrected chi connectivity index (χ4v) is 0. The second kappa shape index (κ2) is 37.2. The minimum absolute atomic E-state index is 0. The van der Waals surface area contributed by atoms with E-state index in [4.69, 9.17) is 30.6 Å². The van der Waals surface area contributed by atoms with E-state index in [9.17, 15) is 0 Å². The van der Waals surface area contributed by atoms with Crippen molar-refractivity contribution in [2.75, 3.05) is 0 Å². The van der Waals surface area contributed by atoms with Crippen LogP contribution in [0.1, 0.15) is 2.85 Å². The second-order valence-electron chi connectivity index (χ2n) is 0.447. The van der Waals surface area contributed by atoms with E-state index in [2.05, 4.69) is 0 Å². The van der Waals surface area contributed by atoms with Crippen LogP contribution in [0, 0.1) is 30.6 Å². The van der Waals surface area contributed by atoms with Gasteiger partial charge in [-0.05, 0) is 0 Å². The van der Waals surface area contributed by atoms with Crippen LogP contribution in [0.2, 0.25) is 0 Å². The Morgan fingerprint density at radius 1 is 0.923 bits per heavy atom. The first-order valence-electron chi connectivity index (χ1n) is 1.10. The van der Waals surface area contributed by atoms with Gasteiger partial charge in [0.05, 0.1) is 10.2 Å². The van der Waals surface area contributed by atoms with Gasteiger partial charge in [0.1, 0.15) is 0 Å². The summed E-state index contributed by atoms with van der Waals surface area (Å²) in [5.74, 6) is 0. The monoisotopic (exact) mass is 223 g/mol. The van der Waals surface area contributed by atoms with Crippen molar-refractivity contribution < 1.29 is 118 Å². The Balaban J connectivity index is -0.00000000468. The minimum atomic E-state index is -1.75. The van der Waals surface area contributed by atoms with Crippen LogP contribution in [0.25, 0.3) is 0 Å². The van der Waals surface area contributed by atoms with Gasteiger partial charge in [-0.25, -0.2) is 0 Å². The maximum atomic E-state index is 8.25. The summed E-state index contributed by atoms with van der Waals surface area (Å²) in [6.07, 6.45) is 0. The van der Waals surface area contributed by atoms with E-state index in [-0.39, 0.29) is 117 Å². The fourth-order valence-electron chi connectivity index (χ4n) is 0. The van der Waals surface area contributed by atoms with Crippen LogP contribution in [0.5, 0.6) is 0 Å². The second-order valence-corrected chi connectivity index (χ2v) is 0.447. The third-order valence-corrected chi connectivity index (χ3v) is 0. The number of rotatable bonds is 0. The minimum Gasteiger partial charge on any atom is -1.00 e. The van der Waals surface area contributed by atoms with Crippen molar-refractivity contribution in [1.82, 2.24) is 0 Å². The van der Waals surface area contributed by atoms with Crippen LogP contribution < -0.4 is 105 Å². The molecule has 0 aliphatic carbocycles. The first-order valence-corrected chi connectivity index (χ1v) is 1.10. The molecule has 0 aliphatic rings. The average Bonchev–Trinajstić information content (AvgIpc) is 1.25. The summed E-state index contributed by atoms with van der Waals surface area (Å²) in [6, 6.07) is 0. The Labute approximate surface area is 155 Å².